The van der Waals surface area contributed by atoms with Crippen molar-refractivity contribution in [2.24, 2.45) is 0 Å². The van der Waals surface area contributed by atoms with E-state index in [1.165, 1.54) is 0 Å². The van der Waals surface area contributed by atoms with Crippen molar-refractivity contribution in [3.05, 3.63) is 27.4 Å². The summed E-state index contributed by atoms with van der Waals surface area (Å²) in [4.78, 5) is 23.2. The van der Waals surface area contributed by atoms with Gasteiger partial charge in [0.2, 0.25) is 5.69 Å². The van der Waals surface area contributed by atoms with Gasteiger partial charge in [-0.2, -0.15) is 0 Å². The molecule has 16 heavy (non-hydrogen) atoms. The summed E-state index contributed by atoms with van der Waals surface area (Å²) >= 11 is 5.00. The topological polar surface area (TPSA) is 99.1 Å². The van der Waals surface area contributed by atoms with Gasteiger partial charge in [-0.3, -0.25) is 4.79 Å². The van der Waals surface area contributed by atoms with Crippen LogP contribution in [0.25, 0.3) is 0 Å². The summed E-state index contributed by atoms with van der Waals surface area (Å²) in [7, 11) is 0. The van der Waals surface area contributed by atoms with Gasteiger partial charge in [0.15, 0.2) is 0 Å². The molecule has 1 aromatic heterocycles. The lowest BCUT2D eigenvalue weighted by Gasteiger charge is -2.04. The Hall–Kier alpha value is -1.83. The second kappa shape index (κ2) is 4.35. The second-order valence-electron chi connectivity index (χ2n) is 2.67. The van der Waals surface area contributed by atoms with Gasteiger partial charge in [-0.15, -0.1) is 0 Å². The molecule has 0 saturated heterocycles. The van der Waals surface area contributed by atoms with Crippen LogP contribution >= 0.6 is 11.6 Å². The number of nitrogen functional groups attached to an aromatic ring is 1. The number of hydrogen-bond acceptors (Lipinski definition) is 5. The zero-order valence-electron chi connectivity index (χ0n) is 7.49. The Morgan fingerprint density at radius 1 is 1.62 bits per heavy atom. The van der Waals surface area contributed by atoms with Crippen LogP contribution in [0, 0.1) is 10.1 Å². The van der Waals surface area contributed by atoms with E-state index in [9.17, 15) is 23.7 Å². The number of nitro groups is 1. The van der Waals surface area contributed by atoms with Crippen molar-refractivity contribution in [1.29, 1.82) is 0 Å². The second-order valence-corrected chi connectivity index (χ2v) is 3.01. The summed E-state index contributed by atoms with van der Waals surface area (Å²) in [6, 6.07) is 0.627. The van der Waals surface area contributed by atoms with Gasteiger partial charge in [0.25, 0.3) is 11.7 Å². The first kappa shape index (κ1) is 12.2. The van der Waals surface area contributed by atoms with Crippen molar-refractivity contribution in [1.82, 2.24) is 4.98 Å². The van der Waals surface area contributed by atoms with Gasteiger partial charge in [-0.05, 0) is 21.5 Å². The van der Waals surface area contributed by atoms with Crippen molar-refractivity contribution in [2.75, 3.05) is 5.73 Å². The minimum atomic E-state index is -3.06. The van der Waals surface area contributed by atoms with E-state index in [0.717, 1.165) is 0 Å². The highest BCUT2D eigenvalue weighted by Crippen LogP contribution is 2.31. The number of carbonyl (C=O) groups is 1. The standard InChI is InChI=1S/C7H4ClF2N3O3/c8-5(14)3-1-2(6(9)10)4(11)7(12-3)13(15)16/h1,6H,11H2. The van der Waals surface area contributed by atoms with Crippen LogP contribution in [0.1, 0.15) is 22.5 Å². The Morgan fingerprint density at radius 3 is 2.56 bits per heavy atom. The molecule has 0 fully saturated rings. The number of halogens is 3. The van der Waals surface area contributed by atoms with Crippen molar-refractivity contribution in [2.45, 2.75) is 6.43 Å². The van der Waals surface area contributed by atoms with E-state index in [-0.39, 0.29) is 0 Å². The average molecular weight is 252 g/mol. The minimum Gasteiger partial charge on any atom is -0.391 e. The van der Waals surface area contributed by atoms with Crippen LogP contribution in [0.3, 0.4) is 0 Å². The number of rotatable bonds is 3. The molecule has 0 unspecified atom stereocenters. The van der Waals surface area contributed by atoms with Gasteiger partial charge in [-0.1, -0.05) is 0 Å². The van der Waals surface area contributed by atoms with Gasteiger partial charge >= 0.3 is 5.82 Å². The molecule has 1 heterocycles. The first-order valence-electron chi connectivity index (χ1n) is 3.77. The maximum absolute atomic E-state index is 12.4. The van der Waals surface area contributed by atoms with Crippen molar-refractivity contribution < 1.29 is 18.5 Å². The van der Waals surface area contributed by atoms with Gasteiger partial charge in [0.1, 0.15) is 5.69 Å². The first-order valence-corrected chi connectivity index (χ1v) is 4.15. The number of pyridine rings is 1. The Kier molecular flexibility index (Phi) is 3.33. The molecule has 0 aliphatic heterocycles. The third-order valence-electron chi connectivity index (χ3n) is 1.68. The van der Waals surface area contributed by atoms with Crippen LogP contribution in [-0.2, 0) is 0 Å². The molecule has 9 heteroatoms. The molecule has 86 valence electrons. The van der Waals surface area contributed by atoms with Crippen LogP contribution in [0.15, 0.2) is 6.07 Å². The summed E-state index contributed by atoms with van der Waals surface area (Å²) in [5.74, 6) is -1.01. The number of anilines is 1. The Labute approximate surface area is 92.2 Å². The van der Waals surface area contributed by atoms with Gasteiger partial charge in [0, 0.05) is 6.07 Å². The van der Waals surface area contributed by atoms with E-state index in [4.69, 9.17) is 17.3 Å². The maximum Gasteiger partial charge on any atom is 0.388 e. The van der Waals surface area contributed by atoms with Crippen molar-refractivity contribution in [3.63, 3.8) is 0 Å². The molecule has 0 aromatic carbocycles. The molecule has 6 nitrogen and oxygen atoms in total. The SMILES string of the molecule is Nc1c(C(F)F)cc(C(=O)Cl)nc1[N+](=O)[O-]. The fourth-order valence-corrected chi connectivity index (χ4v) is 1.08. The van der Waals surface area contributed by atoms with Gasteiger partial charge < -0.3 is 15.8 Å². The normalized spacial score (nSPS) is 10.5. The van der Waals surface area contributed by atoms with E-state index < -0.39 is 39.4 Å². The largest absolute Gasteiger partial charge is 0.391 e. The molecule has 0 atom stereocenters. The van der Waals surface area contributed by atoms with Gasteiger partial charge in [-0.25, -0.2) is 8.78 Å². The molecule has 1 aromatic rings. The van der Waals surface area contributed by atoms with E-state index in [1.54, 1.807) is 0 Å². The summed E-state index contributed by atoms with van der Waals surface area (Å²) in [5.41, 5.74) is 2.86. The predicted molar refractivity (Wildman–Crippen MR) is 50.4 cm³/mol. The molecule has 0 aliphatic rings. The highest BCUT2D eigenvalue weighted by atomic mass is 35.5. The summed E-state index contributed by atoms with van der Waals surface area (Å²) < 4.78 is 24.9. The fourth-order valence-electron chi connectivity index (χ4n) is 0.981. The Bertz CT molecular complexity index is 466. The fraction of sp³-hybridized carbons (Fsp3) is 0.143. The molecule has 0 radical (unpaired) electrons. The number of carbonyl (C=O) groups excluding carboxylic acids is 1. The predicted octanol–water partition coefficient (Wildman–Crippen LogP) is 1.89. The number of hydrogen-bond donors (Lipinski definition) is 1. The lowest BCUT2D eigenvalue weighted by atomic mass is 10.2. The number of nitrogens with two attached hydrogens (primary N) is 1. The molecule has 0 spiro atoms. The Morgan fingerprint density at radius 2 is 2.19 bits per heavy atom. The van der Waals surface area contributed by atoms with E-state index in [0.29, 0.717) is 6.07 Å². The number of aromatic nitrogens is 1. The summed E-state index contributed by atoms with van der Waals surface area (Å²) in [5, 5.41) is 9.26. The maximum atomic E-state index is 12.4. The molecule has 0 saturated carbocycles. The van der Waals surface area contributed by atoms with Gasteiger partial charge in [0.05, 0.1) is 5.56 Å². The molecule has 0 aliphatic carbocycles. The van der Waals surface area contributed by atoms with Crippen LogP contribution in [-0.4, -0.2) is 15.1 Å². The van der Waals surface area contributed by atoms with E-state index in [2.05, 4.69) is 4.98 Å². The molecular weight excluding hydrogens is 248 g/mol. The third-order valence-corrected chi connectivity index (χ3v) is 1.87. The monoisotopic (exact) mass is 251 g/mol. The van der Waals surface area contributed by atoms with Crippen LogP contribution < -0.4 is 5.73 Å². The number of alkyl halides is 2. The lowest BCUT2D eigenvalue weighted by Crippen LogP contribution is -2.07. The molecule has 2 N–H and O–H groups in total. The lowest BCUT2D eigenvalue weighted by molar-refractivity contribution is -0.388. The van der Waals surface area contributed by atoms with Crippen molar-refractivity contribution in [3.8, 4) is 0 Å². The van der Waals surface area contributed by atoms with Crippen LogP contribution in [0.4, 0.5) is 20.3 Å². The van der Waals surface area contributed by atoms with Crippen LogP contribution in [0.5, 0.6) is 0 Å². The molecule has 0 amide bonds. The molecular formula is C7H4ClF2N3O3. The summed E-state index contributed by atoms with van der Waals surface area (Å²) in [6.07, 6.45) is -3.06. The number of nitrogens with zero attached hydrogens (tertiary/aromatic N) is 2. The zero-order valence-corrected chi connectivity index (χ0v) is 8.24. The Balaban J connectivity index is 3.51. The highest BCUT2D eigenvalue weighted by molar-refractivity contribution is 6.67. The average Bonchev–Trinajstić information content (AvgIpc) is 2.16. The first-order chi connectivity index (χ1) is 7.34. The van der Waals surface area contributed by atoms with E-state index >= 15 is 0 Å². The zero-order chi connectivity index (χ0) is 12.5. The quantitative estimate of drug-likeness (QED) is 0.502. The molecule has 1 rings (SSSR count). The summed E-state index contributed by atoms with van der Waals surface area (Å²) in [6.45, 7) is 0. The minimum absolute atomic E-state index is 0.627. The smallest absolute Gasteiger partial charge is 0.388 e. The highest BCUT2D eigenvalue weighted by Gasteiger charge is 2.27. The third kappa shape index (κ3) is 2.22. The van der Waals surface area contributed by atoms with Crippen LogP contribution in [0.2, 0.25) is 0 Å². The van der Waals surface area contributed by atoms with E-state index in [1.807, 2.05) is 0 Å². The molecule has 0 bridgehead atoms. The van der Waals surface area contributed by atoms with Crippen molar-refractivity contribution >= 4 is 28.3 Å².